The minimum absolute atomic E-state index is 0.0224. The van der Waals surface area contributed by atoms with Crippen LogP contribution in [0.2, 0.25) is 0 Å². The molecular formula is C32H38F2N12O3. The number of carbonyl (C=O) groups is 3. The molecule has 0 spiro atoms. The van der Waals surface area contributed by atoms with Crippen LogP contribution in [0.15, 0.2) is 73.8 Å². The third-order valence-electron chi connectivity index (χ3n) is 8.00. The summed E-state index contributed by atoms with van der Waals surface area (Å²) in [5.74, 6) is 3.10. The Bertz CT molecular complexity index is 1660. The number of rotatable bonds is 9. The van der Waals surface area contributed by atoms with Crippen LogP contribution in [0.5, 0.6) is 0 Å². The van der Waals surface area contributed by atoms with E-state index in [-0.39, 0.29) is 16.6 Å². The lowest BCUT2D eigenvalue weighted by molar-refractivity contribution is -0.132. The van der Waals surface area contributed by atoms with Crippen molar-refractivity contribution < 1.29 is 23.2 Å². The van der Waals surface area contributed by atoms with E-state index in [1.807, 2.05) is 49.1 Å². The van der Waals surface area contributed by atoms with E-state index >= 15 is 0 Å². The van der Waals surface area contributed by atoms with Gasteiger partial charge in [0.2, 0.25) is 11.9 Å². The average molecular weight is 677 g/mol. The number of nitrogens with one attached hydrogen (secondary N) is 5. The molecule has 2 aliphatic carbocycles. The number of halogens is 2. The van der Waals surface area contributed by atoms with Crippen molar-refractivity contribution in [3.8, 4) is 0 Å². The van der Waals surface area contributed by atoms with Crippen molar-refractivity contribution in [1.29, 1.82) is 0 Å². The quantitative estimate of drug-likeness (QED) is 0.0855. The van der Waals surface area contributed by atoms with E-state index in [9.17, 15) is 23.2 Å². The molecule has 0 saturated heterocycles. The van der Waals surface area contributed by atoms with Crippen molar-refractivity contribution in [2.75, 3.05) is 10.6 Å². The zero-order chi connectivity index (χ0) is 35.3. The number of nitrogens with two attached hydrogens (primary N) is 1. The molecule has 49 heavy (non-hydrogen) atoms. The van der Waals surface area contributed by atoms with Crippen LogP contribution in [0, 0.1) is 0 Å². The highest BCUT2D eigenvalue weighted by Gasteiger charge is 2.40. The van der Waals surface area contributed by atoms with Gasteiger partial charge in [-0.25, -0.2) is 25.8 Å². The standard InChI is InChI=1S/C16H16F2N6O2.C14H16N6O.C2H6/c17-12(18)14(26)24-23-13(25)10-7-20-15(21-8-10)22-16(4-2-5-16)11-3-1-6-19-9-11;15-20-12(21)10-7-17-13(18-8-10)19-14(4-2-5-14)11-3-1-6-16-9-11;1-2/h1,3,6-9,12H,2,4-5H2,(H,23,25)(H,24,26)(H,20,21,22);1,3,6-9H,2,4-5,15H2,(H,20,21)(H,17,18,19);1-2H3. The molecule has 15 nitrogen and oxygen atoms in total. The summed E-state index contributed by atoms with van der Waals surface area (Å²) in [4.78, 5) is 58.7. The molecule has 6 rings (SSSR count). The lowest BCUT2D eigenvalue weighted by Gasteiger charge is -2.42. The minimum atomic E-state index is -3.22. The van der Waals surface area contributed by atoms with E-state index in [1.54, 1.807) is 24.0 Å². The van der Waals surface area contributed by atoms with Crippen LogP contribution in [0.3, 0.4) is 0 Å². The van der Waals surface area contributed by atoms with Crippen molar-refractivity contribution in [2.45, 2.75) is 69.9 Å². The van der Waals surface area contributed by atoms with Gasteiger partial charge in [0.05, 0.1) is 22.2 Å². The number of amides is 3. The lowest BCUT2D eigenvalue weighted by atomic mass is 9.72. The molecule has 4 heterocycles. The van der Waals surface area contributed by atoms with Gasteiger partial charge in [-0.2, -0.15) is 8.78 Å². The second kappa shape index (κ2) is 16.9. The van der Waals surface area contributed by atoms with Crippen LogP contribution >= 0.6 is 0 Å². The van der Waals surface area contributed by atoms with Gasteiger partial charge in [-0.05, 0) is 61.8 Å². The van der Waals surface area contributed by atoms with E-state index in [4.69, 9.17) is 5.84 Å². The van der Waals surface area contributed by atoms with Crippen molar-refractivity contribution in [2.24, 2.45) is 5.84 Å². The van der Waals surface area contributed by atoms with E-state index in [2.05, 4.69) is 46.6 Å². The van der Waals surface area contributed by atoms with Gasteiger partial charge in [0.25, 0.3) is 11.8 Å². The van der Waals surface area contributed by atoms with Gasteiger partial charge >= 0.3 is 12.3 Å². The Morgan fingerprint density at radius 3 is 1.45 bits per heavy atom. The predicted octanol–water partition coefficient (Wildman–Crippen LogP) is 3.38. The maximum atomic E-state index is 12.1. The first-order chi connectivity index (χ1) is 23.7. The largest absolute Gasteiger partial charge is 0.345 e. The SMILES string of the molecule is CC.NNC(=O)c1cnc(NC2(c3cccnc3)CCC2)nc1.O=C(NNC(=O)C(F)F)c1cnc(NC2(c3cccnc3)CCC2)nc1. The van der Waals surface area contributed by atoms with Crippen molar-refractivity contribution in [3.05, 3.63) is 96.1 Å². The fourth-order valence-corrected chi connectivity index (χ4v) is 5.10. The fourth-order valence-electron chi connectivity index (χ4n) is 5.10. The average Bonchev–Trinajstić information content (AvgIpc) is 3.12. The summed E-state index contributed by atoms with van der Waals surface area (Å²) in [7, 11) is 0. The molecule has 2 saturated carbocycles. The highest BCUT2D eigenvalue weighted by atomic mass is 19.3. The van der Waals surface area contributed by atoms with Gasteiger partial charge in [-0.3, -0.25) is 40.6 Å². The fraction of sp³-hybridized carbons (Fsp3) is 0.344. The molecule has 0 bridgehead atoms. The van der Waals surface area contributed by atoms with E-state index in [0.717, 1.165) is 49.7 Å². The molecule has 4 aromatic heterocycles. The molecular weight excluding hydrogens is 638 g/mol. The molecule has 0 aromatic carbocycles. The zero-order valence-corrected chi connectivity index (χ0v) is 27.0. The van der Waals surface area contributed by atoms with Crippen LogP contribution in [0.1, 0.15) is 84.2 Å². The molecule has 0 radical (unpaired) electrons. The monoisotopic (exact) mass is 676 g/mol. The molecule has 2 fully saturated rings. The number of hydrogen-bond acceptors (Lipinski definition) is 12. The molecule has 7 N–H and O–H groups in total. The third kappa shape index (κ3) is 9.01. The van der Waals surface area contributed by atoms with Gasteiger partial charge in [0, 0.05) is 49.6 Å². The summed E-state index contributed by atoms with van der Waals surface area (Å²) >= 11 is 0. The smallest absolute Gasteiger partial charge is 0.317 e. The summed E-state index contributed by atoms with van der Waals surface area (Å²) in [6.07, 6.45) is 15.3. The molecule has 0 atom stereocenters. The van der Waals surface area contributed by atoms with Gasteiger partial charge in [-0.15, -0.1) is 0 Å². The number of nitrogen functional groups attached to an aromatic ring is 1. The number of carbonyl (C=O) groups excluding carboxylic acids is 3. The van der Waals surface area contributed by atoms with Gasteiger partial charge in [0.15, 0.2) is 0 Å². The Hall–Kier alpha value is -5.71. The molecule has 17 heteroatoms. The number of anilines is 2. The van der Waals surface area contributed by atoms with Gasteiger partial charge in [-0.1, -0.05) is 26.0 Å². The molecule has 2 aliphatic rings. The van der Waals surface area contributed by atoms with Crippen LogP contribution in [-0.4, -0.2) is 54.1 Å². The van der Waals surface area contributed by atoms with Crippen LogP contribution in [0.25, 0.3) is 0 Å². The summed E-state index contributed by atoms with van der Waals surface area (Å²) in [5, 5.41) is 6.64. The van der Waals surface area contributed by atoms with Crippen LogP contribution in [-0.2, 0) is 15.9 Å². The maximum absolute atomic E-state index is 12.1. The summed E-state index contributed by atoms with van der Waals surface area (Å²) in [6.45, 7) is 4.00. The number of nitrogens with zero attached hydrogens (tertiary/aromatic N) is 6. The van der Waals surface area contributed by atoms with Crippen molar-refractivity contribution in [1.82, 2.24) is 46.2 Å². The van der Waals surface area contributed by atoms with E-state index in [1.165, 1.54) is 24.8 Å². The Morgan fingerprint density at radius 2 is 1.12 bits per heavy atom. The summed E-state index contributed by atoms with van der Waals surface area (Å²) < 4.78 is 24.1. The van der Waals surface area contributed by atoms with Crippen molar-refractivity contribution in [3.63, 3.8) is 0 Å². The first-order valence-corrected chi connectivity index (χ1v) is 15.6. The van der Waals surface area contributed by atoms with E-state index in [0.29, 0.717) is 17.5 Å². The molecule has 0 aliphatic heterocycles. The number of alkyl halides is 2. The number of aromatic nitrogens is 6. The summed E-state index contributed by atoms with van der Waals surface area (Å²) in [5.41, 5.74) is 7.59. The topological polar surface area (TPSA) is 215 Å². The molecule has 258 valence electrons. The number of pyridine rings is 2. The third-order valence-corrected chi connectivity index (χ3v) is 8.00. The first-order valence-electron chi connectivity index (χ1n) is 15.6. The predicted molar refractivity (Wildman–Crippen MR) is 175 cm³/mol. The Balaban J connectivity index is 0.000000214. The lowest BCUT2D eigenvalue weighted by Crippen LogP contribution is -2.44. The van der Waals surface area contributed by atoms with Gasteiger partial charge < -0.3 is 10.6 Å². The van der Waals surface area contributed by atoms with Crippen LogP contribution in [0.4, 0.5) is 20.7 Å². The Kier molecular flexibility index (Phi) is 12.5. The molecule has 0 unspecified atom stereocenters. The minimum Gasteiger partial charge on any atom is -0.345 e. The normalized spacial score (nSPS) is 14.9. The highest BCUT2D eigenvalue weighted by molar-refractivity contribution is 5.95. The van der Waals surface area contributed by atoms with Gasteiger partial charge in [0.1, 0.15) is 0 Å². The molecule has 4 aromatic rings. The second-order valence-electron chi connectivity index (χ2n) is 10.9. The second-order valence-corrected chi connectivity index (χ2v) is 10.9. The van der Waals surface area contributed by atoms with Crippen LogP contribution < -0.4 is 32.8 Å². The maximum Gasteiger partial charge on any atom is 0.317 e. The van der Waals surface area contributed by atoms with Crippen molar-refractivity contribution >= 4 is 29.6 Å². The zero-order valence-electron chi connectivity index (χ0n) is 27.0. The Labute approximate surface area is 281 Å². The highest BCUT2D eigenvalue weighted by Crippen LogP contribution is 2.44. The van der Waals surface area contributed by atoms with E-state index < -0.39 is 24.1 Å². The first kappa shape index (κ1) is 36.1. The summed E-state index contributed by atoms with van der Waals surface area (Å²) in [6, 6.07) is 7.81. The molecule has 3 amide bonds. The Morgan fingerprint density at radius 1 is 0.694 bits per heavy atom. The number of hydrazine groups is 2. The number of hydrogen-bond donors (Lipinski definition) is 6.